The van der Waals surface area contributed by atoms with Crippen molar-refractivity contribution < 1.29 is 0 Å². The Labute approximate surface area is 119 Å². The summed E-state index contributed by atoms with van der Waals surface area (Å²) in [6.07, 6.45) is 7.79. The molecule has 0 aromatic carbocycles. The molecule has 0 radical (unpaired) electrons. The normalized spacial score (nSPS) is 16.5. The van der Waals surface area contributed by atoms with Crippen molar-refractivity contribution in [3.8, 4) is 6.07 Å². The molecule has 19 heavy (non-hydrogen) atoms. The van der Waals surface area contributed by atoms with Crippen molar-refractivity contribution in [2.45, 2.75) is 66.0 Å². The van der Waals surface area contributed by atoms with E-state index in [2.05, 4.69) is 43.6 Å². The molecule has 0 fully saturated rings. The number of nitrogens with one attached hydrogen (secondary N) is 2. The van der Waals surface area contributed by atoms with Crippen LogP contribution in [0.25, 0.3) is 0 Å². The summed E-state index contributed by atoms with van der Waals surface area (Å²) >= 11 is 0. The quantitative estimate of drug-likeness (QED) is 0.591. The highest BCUT2D eigenvalue weighted by atomic mass is 15.1. The lowest BCUT2D eigenvalue weighted by Gasteiger charge is -2.19. The van der Waals surface area contributed by atoms with E-state index in [9.17, 15) is 5.26 Å². The van der Waals surface area contributed by atoms with Crippen LogP contribution in [0, 0.1) is 23.2 Å². The fourth-order valence-corrected chi connectivity index (χ4v) is 2.00. The molecule has 0 spiro atoms. The summed E-state index contributed by atoms with van der Waals surface area (Å²) in [6, 6.07) is 2.45. The van der Waals surface area contributed by atoms with Gasteiger partial charge in [-0.05, 0) is 33.2 Å². The molecule has 0 heterocycles. The summed E-state index contributed by atoms with van der Waals surface area (Å²) in [5, 5.41) is 15.8. The van der Waals surface area contributed by atoms with E-state index in [1.165, 1.54) is 12.8 Å². The van der Waals surface area contributed by atoms with Crippen LogP contribution in [-0.2, 0) is 0 Å². The molecule has 0 aliphatic heterocycles. The Morgan fingerprint density at radius 2 is 2.00 bits per heavy atom. The number of rotatable bonds is 10. The molecule has 3 heteroatoms. The molecule has 0 aliphatic carbocycles. The minimum atomic E-state index is 0.131. The fourth-order valence-electron chi connectivity index (χ4n) is 2.00. The van der Waals surface area contributed by atoms with E-state index >= 15 is 0 Å². The van der Waals surface area contributed by atoms with Crippen LogP contribution in [0.3, 0.4) is 0 Å². The van der Waals surface area contributed by atoms with E-state index < -0.39 is 0 Å². The van der Waals surface area contributed by atoms with E-state index in [4.69, 9.17) is 0 Å². The average molecular weight is 265 g/mol. The molecule has 0 aromatic heterocycles. The maximum absolute atomic E-state index is 9.26. The van der Waals surface area contributed by atoms with Gasteiger partial charge in [-0.15, -0.1) is 0 Å². The lowest BCUT2D eigenvalue weighted by molar-refractivity contribution is 0.443. The zero-order valence-electron chi connectivity index (χ0n) is 13.3. The van der Waals surface area contributed by atoms with Crippen LogP contribution >= 0.6 is 0 Å². The molecule has 2 N–H and O–H groups in total. The lowest BCUT2D eigenvalue weighted by atomic mass is 9.94. The highest BCUT2D eigenvalue weighted by Crippen LogP contribution is 2.19. The van der Waals surface area contributed by atoms with Crippen LogP contribution in [0.2, 0.25) is 0 Å². The summed E-state index contributed by atoms with van der Waals surface area (Å²) in [5.74, 6) is 0.912. The number of allylic oxidation sites excluding steroid dienone is 2. The molecule has 3 unspecified atom stereocenters. The summed E-state index contributed by atoms with van der Waals surface area (Å²) in [4.78, 5) is 0. The molecule has 110 valence electrons. The Hall–Kier alpha value is -1.01. The van der Waals surface area contributed by atoms with Crippen LogP contribution in [0.15, 0.2) is 11.8 Å². The molecule has 0 amide bonds. The number of nitrogens with zero attached hydrogens (tertiary/aromatic N) is 1. The van der Waals surface area contributed by atoms with Gasteiger partial charge in [-0.1, -0.05) is 39.2 Å². The second-order valence-corrected chi connectivity index (χ2v) is 5.44. The molecule has 0 bridgehead atoms. The molecule has 3 atom stereocenters. The average Bonchev–Trinajstić information content (AvgIpc) is 2.44. The highest BCUT2D eigenvalue weighted by molar-refractivity contribution is 5.03. The first-order chi connectivity index (χ1) is 9.07. The Bertz CT molecular complexity index is 291. The van der Waals surface area contributed by atoms with Crippen molar-refractivity contribution in [2.75, 3.05) is 7.05 Å². The SMILES string of the molecule is C/C=C(\CC(C#N)CCCC(C)CC)NC(C)NC. The zero-order chi connectivity index (χ0) is 14.7. The first-order valence-electron chi connectivity index (χ1n) is 7.55. The fraction of sp³-hybridized carbons (Fsp3) is 0.812. The second-order valence-electron chi connectivity index (χ2n) is 5.44. The van der Waals surface area contributed by atoms with E-state index in [-0.39, 0.29) is 12.1 Å². The zero-order valence-corrected chi connectivity index (χ0v) is 13.3. The predicted molar refractivity (Wildman–Crippen MR) is 82.4 cm³/mol. The Kier molecular flexibility index (Phi) is 10.3. The minimum Gasteiger partial charge on any atom is -0.374 e. The maximum atomic E-state index is 9.26. The van der Waals surface area contributed by atoms with Gasteiger partial charge < -0.3 is 10.6 Å². The Balaban J connectivity index is 4.13. The monoisotopic (exact) mass is 265 g/mol. The smallest absolute Gasteiger partial charge is 0.0734 e. The first kappa shape index (κ1) is 18.0. The summed E-state index contributed by atoms with van der Waals surface area (Å²) < 4.78 is 0. The van der Waals surface area contributed by atoms with Crippen LogP contribution in [0.5, 0.6) is 0 Å². The first-order valence-corrected chi connectivity index (χ1v) is 7.55. The van der Waals surface area contributed by atoms with Crippen LogP contribution in [0.1, 0.15) is 59.8 Å². The second kappa shape index (κ2) is 10.9. The predicted octanol–water partition coefficient (Wildman–Crippen LogP) is 3.79. The largest absolute Gasteiger partial charge is 0.374 e. The highest BCUT2D eigenvalue weighted by Gasteiger charge is 2.12. The van der Waals surface area contributed by atoms with Gasteiger partial charge in [-0.2, -0.15) is 5.26 Å². The third-order valence-electron chi connectivity index (χ3n) is 3.78. The van der Waals surface area contributed by atoms with Crippen molar-refractivity contribution >= 4 is 0 Å². The molecular weight excluding hydrogens is 234 g/mol. The summed E-state index contributed by atoms with van der Waals surface area (Å²) in [7, 11) is 1.93. The molecule has 3 nitrogen and oxygen atoms in total. The standard InChI is InChI=1S/C16H31N3/c1-6-13(3)9-8-10-15(12-17)11-16(7-2)19-14(4)18-5/h7,13-15,18-19H,6,8-11H2,1-5H3/b16-7+. The Morgan fingerprint density at radius 3 is 2.47 bits per heavy atom. The lowest BCUT2D eigenvalue weighted by Crippen LogP contribution is -2.37. The summed E-state index contributed by atoms with van der Waals surface area (Å²) in [6.45, 7) is 8.62. The minimum absolute atomic E-state index is 0.131. The summed E-state index contributed by atoms with van der Waals surface area (Å²) in [5.41, 5.74) is 1.16. The van der Waals surface area contributed by atoms with Gasteiger partial charge in [0.1, 0.15) is 0 Å². The van der Waals surface area contributed by atoms with Gasteiger partial charge in [-0.25, -0.2) is 0 Å². The number of hydrogen-bond acceptors (Lipinski definition) is 3. The van der Waals surface area contributed by atoms with Crippen molar-refractivity contribution in [3.63, 3.8) is 0 Å². The van der Waals surface area contributed by atoms with Crippen molar-refractivity contribution in [3.05, 3.63) is 11.8 Å². The van der Waals surface area contributed by atoms with Crippen molar-refractivity contribution in [2.24, 2.45) is 11.8 Å². The van der Waals surface area contributed by atoms with Crippen molar-refractivity contribution in [1.29, 1.82) is 5.26 Å². The molecular formula is C16H31N3. The van der Waals surface area contributed by atoms with Gasteiger partial charge in [-0.3, -0.25) is 0 Å². The van der Waals surface area contributed by atoms with Gasteiger partial charge in [0.25, 0.3) is 0 Å². The van der Waals surface area contributed by atoms with Crippen LogP contribution < -0.4 is 10.6 Å². The van der Waals surface area contributed by atoms with E-state index in [0.29, 0.717) is 0 Å². The van der Waals surface area contributed by atoms with Crippen molar-refractivity contribution in [1.82, 2.24) is 10.6 Å². The van der Waals surface area contributed by atoms with E-state index in [1.807, 2.05) is 14.0 Å². The third-order valence-corrected chi connectivity index (χ3v) is 3.78. The maximum Gasteiger partial charge on any atom is 0.0734 e. The van der Waals surface area contributed by atoms with E-state index in [1.54, 1.807) is 0 Å². The van der Waals surface area contributed by atoms with E-state index in [0.717, 1.165) is 30.9 Å². The van der Waals surface area contributed by atoms with Crippen LogP contribution in [0.4, 0.5) is 0 Å². The van der Waals surface area contributed by atoms with Crippen LogP contribution in [-0.4, -0.2) is 13.2 Å². The van der Waals surface area contributed by atoms with Gasteiger partial charge in [0.05, 0.1) is 18.2 Å². The number of hydrogen-bond donors (Lipinski definition) is 2. The molecule has 0 rings (SSSR count). The topological polar surface area (TPSA) is 47.9 Å². The van der Waals surface area contributed by atoms with Gasteiger partial charge in [0, 0.05) is 12.1 Å². The number of nitriles is 1. The van der Waals surface area contributed by atoms with Gasteiger partial charge in [0.15, 0.2) is 0 Å². The molecule has 0 aromatic rings. The van der Waals surface area contributed by atoms with Gasteiger partial charge in [0.2, 0.25) is 0 Å². The molecule has 0 aliphatic rings. The molecule has 0 saturated heterocycles. The third kappa shape index (κ3) is 8.67. The van der Waals surface area contributed by atoms with Gasteiger partial charge >= 0.3 is 0 Å². The molecule has 0 saturated carbocycles. The Morgan fingerprint density at radius 1 is 1.32 bits per heavy atom.